The number of nitrogens with one attached hydrogen (secondary N) is 1. The molecule has 4 nitrogen and oxygen atoms in total. The van der Waals surface area contributed by atoms with E-state index in [2.05, 4.69) is 37.2 Å². The van der Waals surface area contributed by atoms with Crippen LogP contribution in [0.4, 0.5) is 10.1 Å². The topological polar surface area (TPSA) is 58.6 Å². The largest absolute Gasteiger partial charge is 0.487 e. The van der Waals surface area contributed by atoms with Crippen molar-refractivity contribution in [1.82, 2.24) is 0 Å². The number of carbonyl (C=O) groups is 1. The number of rotatable bonds is 8. The smallest absolute Gasteiger partial charge is 0.303 e. The van der Waals surface area contributed by atoms with E-state index in [-0.39, 0.29) is 18.8 Å². The summed E-state index contributed by atoms with van der Waals surface area (Å²) in [4.78, 5) is 10.9. The van der Waals surface area contributed by atoms with Gasteiger partial charge in [-0.25, -0.2) is 4.39 Å². The molecule has 0 bridgehead atoms. The molecule has 1 fully saturated rings. The van der Waals surface area contributed by atoms with Gasteiger partial charge in [-0.05, 0) is 83.9 Å². The Labute approximate surface area is 180 Å². The number of carboxylic acids is 1. The maximum absolute atomic E-state index is 15.0. The third-order valence-electron chi connectivity index (χ3n) is 4.82. The van der Waals surface area contributed by atoms with Crippen molar-refractivity contribution in [2.45, 2.75) is 51.7 Å². The second-order valence-electron chi connectivity index (χ2n) is 7.12. The lowest BCUT2D eigenvalue weighted by molar-refractivity contribution is -0.136. The van der Waals surface area contributed by atoms with Gasteiger partial charge in [0.25, 0.3) is 0 Å². The molecule has 2 aromatic carbocycles. The van der Waals surface area contributed by atoms with Crippen LogP contribution in [0.15, 0.2) is 33.2 Å². The monoisotopic (exact) mass is 513 g/mol. The molecular weight excluding hydrogens is 493 g/mol. The van der Waals surface area contributed by atoms with Gasteiger partial charge in [0.2, 0.25) is 0 Å². The highest BCUT2D eigenvalue weighted by molar-refractivity contribution is 9.11. The molecule has 0 heterocycles. The van der Waals surface area contributed by atoms with Crippen molar-refractivity contribution >= 4 is 43.5 Å². The molecule has 0 spiro atoms. The second-order valence-corrected chi connectivity index (χ2v) is 8.89. The van der Waals surface area contributed by atoms with E-state index in [9.17, 15) is 9.18 Å². The number of ether oxygens (including phenoxy) is 1. The fourth-order valence-electron chi connectivity index (χ4n) is 3.18. The SMILES string of the molecule is Cc1cc(COc2c(Br)cc(Br)cc2CCC(=O)O)c(F)c(NC2CCC2)c1. The summed E-state index contributed by atoms with van der Waals surface area (Å²) in [6, 6.07) is 7.61. The van der Waals surface area contributed by atoms with Gasteiger partial charge in [0.05, 0.1) is 10.2 Å². The minimum atomic E-state index is -0.876. The molecule has 0 aromatic heterocycles. The second kappa shape index (κ2) is 9.27. The quantitative estimate of drug-likeness (QED) is 0.439. The molecule has 0 aliphatic heterocycles. The first kappa shape index (κ1) is 21.1. The number of anilines is 1. The van der Waals surface area contributed by atoms with Gasteiger partial charge >= 0.3 is 5.97 Å². The van der Waals surface area contributed by atoms with E-state index in [4.69, 9.17) is 9.84 Å². The van der Waals surface area contributed by atoms with Crippen molar-refractivity contribution in [3.05, 3.63) is 55.7 Å². The fourth-order valence-corrected chi connectivity index (χ4v) is 4.61. The van der Waals surface area contributed by atoms with Gasteiger partial charge in [-0.3, -0.25) is 4.79 Å². The number of hydrogen-bond donors (Lipinski definition) is 2. The Balaban J connectivity index is 1.80. The number of aliphatic carboxylic acids is 1. The Morgan fingerprint density at radius 1 is 1.25 bits per heavy atom. The molecule has 1 aliphatic rings. The zero-order valence-corrected chi connectivity index (χ0v) is 18.7. The lowest BCUT2D eigenvalue weighted by atomic mass is 9.92. The highest BCUT2D eigenvalue weighted by Gasteiger charge is 2.20. The van der Waals surface area contributed by atoms with Crippen LogP contribution in [0, 0.1) is 12.7 Å². The van der Waals surface area contributed by atoms with Crippen LogP contribution in [0.1, 0.15) is 42.4 Å². The minimum Gasteiger partial charge on any atom is -0.487 e. The normalized spacial score (nSPS) is 13.9. The molecule has 1 aliphatic carbocycles. The average molecular weight is 515 g/mol. The summed E-state index contributed by atoms with van der Waals surface area (Å²) in [5.74, 6) is -0.629. The molecule has 0 radical (unpaired) electrons. The number of carboxylic acid groups (broad SMARTS) is 1. The van der Waals surface area contributed by atoms with Crippen LogP contribution in [0.3, 0.4) is 0 Å². The first-order valence-corrected chi connectivity index (χ1v) is 10.8. The molecule has 0 atom stereocenters. The number of hydrogen-bond acceptors (Lipinski definition) is 3. The molecule has 0 saturated heterocycles. The van der Waals surface area contributed by atoms with E-state index in [0.29, 0.717) is 33.9 Å². The summed E-state index contributed by atoms with van der Waals surface area (Å²) in [5.41, 5.74) is 2.71. The van der Waals surface area contributed by atoms with E-state index in [1.165, 1.54) is 6.42 Å². The van der Waals surface area contributed by atoms with Crippen molar-refractivity contribution in [2.75, 3.05) is 5.32 Å². The summed E-state index contributed by atoms with van der Waals surface area (Å²) >= 11 is 6.88. The van der Waals surface area contributed by atoms with Crippen molar-refractivity contribution in [3.8, 4) is 5.75 Å². The Morgan fingerprint density at radius 3 is 2.64 bits per heavy atom. The Hall–Kier alpha value is -1.60. The Bertz CT molecular complexity index is 884. The van der Waals surface area contributed by atoms with Crippen LogP contribution >= 0.6 is 31.9 Å². The van der Waals surface area contributed by atoms with Crippen LogP contribution < -0.4 is 10.1 Å². The highest BCUT2D eigenvalue weighted by Crippen LogP contribution is 2.35. The summed E-state index contributed by atoms with van der Waals surface area (Å²) in [7, 11) is 0. The van der Waals surface area contributed by atoms with Crippen molar-refractivity contribution in [3.63, 3.8) is 0 Å². The minimum absolute atomic E-state index is 0.00643. The van der Waals surface area contributed by atoms with E-state index in [1.54, 1.807) is 6.07 Å². The van der Waals surface area contributed by atoms with Crippen molar-refractivity contribution < 1.29 is 19.0 Å². The van der Waals surface area contributed by atoms with E-state index in [1.807, 2.05) is 25.1 Å². The third kappa shape index (κ3) is 5.26. The van der Waals surface area contributed by atoms with Gasteiger partial charge in [-0.2, -0.15) is 0 Å². The molecule has 28 heavy (non-hydrogen) atoms. The lowest BCUT2D eigenvalue weighted by Gasteiger charge is -2.28. The lowest BCUT2D eigenvalue weighted by Crippen LogP contribution is -2.27. The molecule has 0 amide bonds. The van der Waals surface area contributed by atoms with Gasteiger partial charge < -0.3 is 15.2 Å². The number of halogens is 3. The highest BCUT2D eigenvalue weighted by atomic mass is 79.9. The van der Waals surface area contributed by atoms with Gasteiger partial charge in [0, 0.05) is 22.5 Å². The standard InChI is InChI=1S/C21H22Br2FNO3/c1-12-7-14(20(24)18(8-12)25-16-3-2-4-16)11-28-21-13(5-6-19(26)27)9-15(22)10-17(21)23/h7-10,16,25H,2-6,11H2,1H3,(H,26,27). The van der Waals surface area contributed by atoms with Gasteiger partial charge in [-0.15, -0.1) is 0 Å². The molecule has 2 N–H and O–H groups in total. The zero-order chi connectivity index (χ0) is 20.3. The summed E-state index contributed by atoms with van der Waals surface area (Å²) in [6.07, 6.45) is 3.63. The van der Waals surface area contributed by atoms with Crippen LogP contribution in [0.25, 0.3) is 0 Å². The first-order chi connectivity index (χ1) is 13.3. The third-order valence-corrected chi connectivity index (χ3v) is 5.87. The van der Waals surface area contributed by atoms with E-state index >= 15 is 0 Å². The van der Waals surface area contributed by atoms with Crippen LogP contribution in [-0.4, -0.2) is 17.1 Å². The summed E-state index contributed by atoms with van der Waals surface area (Å²) in [5, 5.41) is 12.3. The molecule has 3 rings (SSSR count). The van der Waals surface area contributed by atoms with Crippen molar-refractivity contribution in [2.24, 2.45) is 0 Å². The maximum atomic E-state index is 15.0. The van der Waals surface area contributed by atoms with Gasteiger partial charge in [-0.1, -0.05) is 15.9 Å². The van der Waals surface area contributed by atoms with Crippen LogP contribution in [0.5, 0.6) is 5.75 Å². The van der Waals surface area contributed by atoms with Crippen molar-refractivity contribution in [1.29, 1.82) is 0 Å². The average Bonchev–Trinajstić information content (AvgIpc) is 2.58. The number of aryl methyl sites for hydroxylation is 2. The van der Waals surface area contributed by atoms with Gasteiger partial charge in [0.1, 0.15) is 12.4 Å². The molecule has 2 aromatic rings. The fraction of sp³-hybridized carbons (Fsp3) is 0.381. The molecular formula is C21H22Br2FNO3. The van der Waals surface area contributed by atoms with Gasteiger partial charge in [0.15, 0.2) is 5.82 Å². The van der Waals surface area contributed by atoms with Crippen LogP contribution in [0.2, 0.25) is 0 Å². The predicted octanol–water partition coefficient (Wildman–Crippen LogP) is 6.22. The zero-order valence-electron chi connectivity index (χ0n) is 15.5. The first-order valence-electron chi connectivity index (χ1n) is 9.21. The molecule has 0 unspecified atom stereocenters. The van der Waals surface area contributed by atoms with E-state index in [0.717, 1.165) is 28.4 Å². The molecule has 7 heteroatoms. The maximum Gasteiger partial charge on any atom is 0.303 e. The predicted molar refractivity (Wildman–Crippen MR) is 115 cm³/mol. The summed E-state index contributed by atoms with van der Waals surface area (Å²) < 4.78 is 22.4. The molecule has 150 valence electrons. The summed E-state index contributed by atoms with van der Waals surface area (Å²) in [6.45, 7) is 2.00. The van der Waals surface area contributed by atoms with Crippen LogP contribution in [-0.2, 0) is 17.8 Å². The molecule has 1 saturated carbocycles. The Kier molecular flexibility index (Phi) is 6.99. The Morgan fingerprint density at radius 2 is 2.00 bits per heavy atom. The van der Waals surface area contributed by atoms with E-state index < -0.39 is 5.97 Å². The number of benzene rings is 2.